The highest BCUT2D eigenvalue weighted by Crippen LogP contribution is 2.33. The third-order valence-electron chi connectivity index (χ3n) is 4.85. The quantitative estimate of drug-likeness (QED) is 0.866. The van der Waals surface area contributed by atoms with Crippen molar-refractivity contribution in [3.05, 3.63) is 0 Å². The van der Waals surface area contributed by atoms with E-state index in [-0.39, 0.29) is 6.09 Å². The van der Waals surface area contributed by atoms with Crippen molar-refractivity contribution >= 4 is 6.09 Å². The van der Waals surface area contributed by atoms with Gasteiger partial charge < -0.3 is 15.0 Å². The molecule has 0 bridgehead atoms. The van der Waals surface area contributed by atoms with Crippen molar-refractivity contribution in [3.8, 4) is 0 Å². The average molecular weight is 296 g/mol. The highest BCUT2D eigenvalue weighted by atomic mass is 16.6. The van der Waals surface area contributed by atoms with Crippen LogP contribution in [0.25, 0.3) is 0 Å². The third kappa shape index (κ3) is 4.60. The van der Waals surface area contributed by atoms with Gasteiger partial charge in [0.1, 0.15) is 5.60 Å². The highest BCUT2D eigenvalue weighted by Gasteiger charge is 2.36. The van der Waals surface area contributed by atoms with Crippen LogP contribution in [0.2, 0.25) is 0 Å². The summed E-state index contributed by atoms with van der Waals surface area (Å²) in [6.45, 7) is 12.0. The molecule has 2 rings (SSSR count). The van der Waals surface area contributed by atoms with Crippen molar-refractivity contribution in [2.45, 2.75) is 83.9 Å². The first-order valence-corrected chi connectivity index (χ1v) is 8.44. The number of carbonyl (C=O) groups excluding carboxylic acids is 1. The van der Waals surface area contributed by atoms with Gasteiger partial charge in [0.2, 0.25) is 0 Å². The topological polar surface area (TPSA) is 41.6 Å². The molecule has 0 aromatic rings. The molecule has 21 heavy (non-hydrogen) atoms. The molecule has 1 heterocycles. The summed E-state index contributed by atoms with van der Waals surface area (Å²) in [5, 5.41) is 3.79. The van der Waals surface area contributed by atoms with Crippen LogP contribution in [0.4, 0.5) is 4.79 Å². The van der Waals surface area contributed by atoms with E-state index in [9.17, 15) is 4.79 Å². The Balaban J connectivity index is 1.86. The van der Waals surface area contributed by atoms with Crippen LogP contribution in [0, 0.1) is 5.92 Å². The Morgan fingerprint density at radius 2 is 2.00 bits per heavy atom. The lowest BCUT2D eigenvalue weighted by Gasteiger charge is -2.45. The maximum atomic E-state index is 12.2. The fourth-order valence-corrected chi connectivity index (χ4v) is 3.43. The van der Waals surface area contributed by atoms with Crippen LogP contribution in [0.15, 0.2) is 0 Å². The molecule has 0 aromatic carbocycles. The first-order chi connectivity index (χ1) is 9.69. The smallest absolute Gasteiger partial charge is 0.410 e. The van der Waals surface area contributed by atoms with Crippen molar-refractivity contribution in [3.63, 3.8) is 0 Å². The van der Waals surface area contributed by atoms with Gasteiger partial charge in [0, 0.05) is 24.7 Å². The van der Waals surface area contributed by atoms with Crippen LogP contribution in [0.3, 0.4) is 0 Å². The Bertz CT molecular complexity index is 371. The Kier molecular flexibility index (Phi) is 4.86. The second kappa shape index (κ2) is 6.15. The number of rotatable bonds is 3. The molecule has 4 nitrogen and oxygen atoms in total. The minimum Gasteiger partial charge on any atom is -0.444 e. The van der Waals surface area contributed by atoms with Gasteiger partial charge in [-0.15, -0.1) is 0 Å². The number of hydrogen-bond acceptors (Lipinski definition) is 3. The number of nitrogens with one attached hydrogen (secondary N) is 1. The Hall–Kier alpha value is -0.770. The first-order valence-electron chi connectivity index (χ1n) is 8.44. The van der Waals surface area contributed by atoms with E-state index in [1.165, 1.54) is 25.7 Å². The predicted molar refractivity (Wildman–Crippen MR) is 85.4 cm³/mol. The molecule has 1 aliphatic heterocycles. The SMILES string of the molecule is CC(NC1(C)CCC1)C1CCCN(C(=O)OC(C)(C)C)C1. The predicted octanol–water partition coefficient (Wildman–Crippen LogP) is 3.55. The van der Waals surface area contributed by atoms with Crippen LogP contribution >= 0.6 is 0 Å². The van der Waals surface area contributed by atoms with Crippen molar-refractivity contribution in [1.29, 1.82) is 0 Å². The van der Waals surface area contributed by atoms with E-state index >= 15 is 0 Å². The zero-order valence-corrected chi connectivity index (χ0v) is 14.4. The van der Waals surface area contributed by atoms with Crippen molar-refractivity contribution in [2.24, 2.45) is 5.92 Å². The van der Waals surface area contributed by atoms with E-state index in [4.69, 9.17) is 4.74 Å². The van der Waals surface area contributed by atoms with E-state index in [1.807, 2.05) is 25.7 Å². The molecule has 4 heteroatoms. The fourth-order valence-electron chi connectivity index (χ4n) is 3.43. The molecule has 2 aliphatic rings. The number of nitrogens with zero attached hydrogens (tertiary/aromatic N) is 1. The maximum Gasteiger partial charge on any atom is 0.410 e. The van der Waals surface area contributed by atoms with E-state index < -0.39 is 5.60 Å². The Labute approximate surface area is 129 Å². The number of ether oxygens (including phenoxy) is 1. The molecule has 1 saturated heterocycles. The standard InChI is InChI=1S/C17H32N2O2/c1-13(18-17(5)9-7-10-17)14-8-6-11-19(12-14)15(20)21-16(2,3)4/h13-14,18H,6-12H2,1-5H3. The molecule has 1 N–H and O–H groups in total. The van der Waals surface area contributed by atoms with Gasteiger partial charge in [-0.3, -0.25) is 0 Å². The second-order valence-corrected chi connectivity index (χ2v) is 8.18. The largest absolute Gasteiger partial charge is 0.444 e. The minimum atomic E-state index is -0.409. The van der Waals surface area contributed by atoms with Gasteiger partial charge in [-0.1, -0.05) is 0 Å². The lowest BCUT2D eigenvalue weighted by molar-refractivity contribution is 0.0134. The zero-order chi connectivity index (χ0) is 15.7. The van der Waals surface area contributed by atoms with Crippen LogP contribution in [-0.4, -0.2) is 41.3 Å². The summed E-state index contributed by atoms with van der Waals surface area (Å²) >= 11 is 0. The van der Waals surface area contributed by atoms with Gasteiger partial charge in [0.25, 0.3) is 0 Å². The Morgan fingerprint density at radius 3 is 2.52 bits per heavy atom. The average Bonchev–Trinajstić information content (AvgIpc) is 2.35. The molecule has 0 radical (unpaired) electrons. The van der Waals surface area contributed by atoms with Gasteiger partial charge in [0.15, 0.2) is 0 Å². The second-order valence-electron chi connectivity index (χ2n) is 8.18. The van der Waals surface area contributed by atoms with E-state index in [2.05, 4.69) is 19.2 Å². The van der Waals surface area contributed by atoms with Gasteiger partial charge >= 0.3 is 6.09 Å². The number of likely N-dealkylation sites (tertiary alicyclic amines) is 1. The zero-order valence-electron chi connectivity index (χ0n) is 14.4. The summed E-state index contributed by atoms with van der Waals surface area (Å²) in [4.78, 5) is 14.1. The molecule has 2 unspecified atom stereocenters. The summed E-state index contributed by atoms with van der Waals surface area (Å²) < 4.78 is 5.51. The van der Waals surface area contributed by atoms with Gasteiger partial charge in [-0.25, -0.2) is 4.79 Å². The molecule has 2 fully saturated rings. The molecule has 1 amide bonds. The molecule has 1 saturated carbocycles. The number of carbonyl (C=O) groups is 1. The van der Waals surface area contributed by atoms with Gasteiger partial charge in [-0.05, 0) is 72.6 Å². The maximum absolute atomic E-state index is 12.2. The monoisotopic (exact) mass is 296 g/mol. The lowest BCUT2D eigenvalue weighted by atomic mass is 9.77. The molecule has 122 valence electrons. The van der Waals surface area contributed by atoms with Crippen LogP contribution in [0.1, 0.15) is 66.7 Å². The molecule has 2 atom stereocenters. The van der Waals surface area contributed by atoms with Crippen molar-refractivity contribution in [2.75, 3.05) is 13.1 Å². The lowest BCUT2D eigenvalue weighted by Crippen LogP contribution is -2.56. The van der Waals surface area contributed by atoms with Gasteiger partial charge in [-0.2, -0.15) is 0 Å². The molecule has 0 spiro atoms. The molecular weight excluding hydrogens is 264 g/mol. The summed E-state index contributed by atoms with van der Waals surface area (Å²) in [6, 6.07) is 0.459. The summed E-state index contributed by atoms with van der Waals surface area (Å²) in [6.07, 6.45) is 6.01. The summed E-state index contributed by atoms with van der Waals surface area (Å²) in [5.74, 6) is 0.531. The number of amides is 1. The highest BCUT2D eigenvalue weighted by molar-refractivity contribution is 5.68. The van der Waals surface area contributed by atoms with Crippen LogP contribution in [-0.2, 0) is 4.74 Å². The normalized spacial score (nSPS) is 26.9. The molecule has 1 aliphatic carbocycles. The van der Waals surface area contributed by atoms with Crippen molar-refractivity contribution < 1.29 is 9.53 Å². The summed E-state index contributed by atoms with van der Waals surface area (Å²) in [7, 11) is 0. The van der Waals surface area contributed by atoms with Crippen molar-refractivity contribution in [1.82, 2.24) is 10.2 Å². The molecular formula is C17H32N2O2. The van der Waals surface area contributed by atoms with E-state index in [0.717, 1.165) is 19.5 Å². The van der Waals surface area contributed by atoms with Crippen LogP contribution < -0.4 is 5.32 Å². The van der Waals surface area contributed by atoms with E-state index in [0.29, 0.717) is 17.5 Å². The van der Waals surface area contributed by atoms with Gasteiger partial charge in [0.05, 0.1) is 0 Å². The molecule has 0 aromatic heterocycles. The minimum absolute atomic E-state index is 0.158. The fraction of sp³-hybridized carbons (Fsp3) is 0.941. The van der Waals surface area contributed by atoms with Crippen LogP contribution in [0.5, 0.6) is 0 Å². The first kappa shape index (κ1) is 16.6. The number of piperidine rings is 1. The summed E-state index contributed by atoms with van der Waals surface area (Å²) in [5.41, 5.74) is -0.0824. The Morgan fingerprint density at radius 1 is 1.33 bits per heavy atom. The third-order valence-corrected chi connectivity index (χ3v) is 4.85. The number of hydrogen-bond donors (Lipinski definition) is 1. The van der Waals surface area contributed by atoms with E-state index in [1.54, 1.807) is 0 Å².